The Morgan fingerprint density at radius 1 is 0.944 bits per heavy atom. The Hall–Kier alpha value is -4.11. The lowest BCUT2D eigenvalue weighted by Crippen LogP contribution is -2.21. The zero-order valence-corrected chi connectivity index (χ0v) is 19.6. The van der Waals surface area contributed by atoms with E-state index in [1.165, 1.54) is 30.3 Å². The predicted molar refractivity (Wildman–Crippen MR) is 135 cm³/mol. The minimum Gasteiger partial charge on any atom is -0.355 e. The van der Waals surface area contributed by atoms with Crippen LogP contribution in [0.4, 0.5) is 30.8 Å². The largest absolute Gasteiger partial charge is 0.355 e. The van der Waals surface area contributed by atoms with Gasteiger partial charge in [0.25, 0.3) is 0 Å². The topological polar surface area (TPSA) is 87.2 Å². The van der Waals surface area contributed by atoms with Crippen molar-refractivity contribution in [2.45, 2.75) is 12.8 Å². The van der Waals surface area contributed by atoms with Crippen LogP contribution in [0, 0.1) is 11.6 Å². The molecule has 4 aromatic rings. The van der Waals surface area contributed by atoms with E-state index in [2.05, 4.69) is 25.5 Å². The molecule has 0 saturated carbocycles. The van der Waals surface area contributed by atoms with Gasteiger partial charge in [0.15, 0.2) is 11.6 Å². The summed E-state index contributed by atoms with van der Waals surface area (Å²) in [5, 5.41) is 4.64. The molecular formula is C26H20ClF2N5O2. The molecule has 0 bridgehead atoms. The molecule has 0 radical (unpaired) electrons. The van der Waals surface area contributed by atoms with Crippen LogP contribution in [0.3, 0.4) is 0 Å². The first kappa shape index (κ1) is 23.6. The van der Waals surface area contributed by atoms with E-state index >= 15 is 4.39 Å². The lowest BCUT2D eigenvalue weighted by Gasteiger charge is -2.16. The first-order valence-electron chi connectivity index (χ1n) is 11.3. The van der Waals surface area contributed by atoms with Gasteiger partial charge >= 0.3 is 6.03 Å². The van der Waals surface area contributed by atoms with Gasteiger partial charge in [-0.3, -0.25) is 9.78 Å². The summed E-state index contributed by atoms with van der Waals surface area (Å²) < 4.78 is 28.6. The second kappa shape index (κ2) is 9.87. The molecule has 2 heterocycles. The Bertz CT molecular complexity index is 1490. The Morgan fingerprint density at radius 2 is 1.75 bits per heavy atom. The zero-order chi connectivity index (χ0) is 25.2. The highest BCUT2D eigenvalue weighted by atomic mass is 35.5. The van der Waals surface area contributed by atoms with Crippen LogP contribution in [-0.2, 0) is 0 Å². The number of ketones is 1. The van der Waals surface area contributed by atoms with Crippen LogP contribution in [-0.4, -0.2) is 34.9 Å². The summed E-state index contributed by atoms with van der Waals surface area (Å²) >= 11 is 5.72. The van der Waals surface area contributed by atoms with E-state index in [4.69, 9.17) is 11.6 Å². The quantitative estimate of drug-likeness (QED) is 0.322. The summed E-state index contributed by atoms with van der Waals surface area (Å²) in [7, 11) is 0. The van der Waals surface area contributed by atoms with Gasteiger partial charge in [-0.15, -0.1) is 0 Å². The average Bonchev–Trinajstić information content (AvgIpc) is 3.42. The maximum atomic E-state index is 15.2. The Balaban J connectivity index is 1.37. The molecule has 10 heteroatoms. The molecule has 7 nitrogen and oxygen atoms in total. The Labute approximate surface area is 210 Å². The molecule has 0 unspecified atom stereocenters. The first-order valence-corrected chi connectivity index (χ1v) is 11.6. The molecule has 0 spiro atoms. The van der Waals surface area contributed by atoms with Crippen LogP contribution >= 0.6 is 11.6 Å². The SMILES string of the molecule is O=C(Nc1ccc(F)c(Cl)c1)Nc1cccc(C(=O)c2ccc3ncc(N4CCCC4)nc3c2)c1F. The summed E-state index contributed by atoms with van der Waals surface area (Å²) in [6.45, 7) is 1.82. The number of carbonyl (C=O) groups excluding carboxylic acids is 2. The number of aromatic nitrogens is 2. The number of hydrogen-bond donors (Lipinski definition) is 2. The van der Waals surface area contributed by atoms with Gasteiger partial charge in [-0.1, -0.05) is 17.7 Å². The van der Waals surface area contributed by atoms with Gasteiger partial charge in [-0.05, 0) is 61.4 Å². The van der Waals surface area contributed by atoms with Crippen molar-refractivity contribution in [1.29, 1.82) is 0 Å². The molecular weight excluding hydrogens is 488 g/mol. The van der Waals surface area contributed by atoms with Crippen LogP contribution in [0.25, 0.3) is 11.0 Å². The van der Waals surface area contributed by atoms with Crippen molar-refractivity contribution in [3.05, 3.63) is 88.6 Å². The molecule has 1 aliphatic heterocycles. The van der Waals surface area contributed by atoms with Gasteiger partial charge in [0.05, 0.1) is 33.5 Å². The molecule has 36 heavy (non-hydrogen) atoms. The number of hydrogen-bond acceptors (Lipinski definition) is 5. The van der Waals surface area contributed by atoms with Crippen molar-refractivity contribution in [1.82, 2.24) is 9.97 Å². The average molecular weight is 508 g/mol. The number of nitrogens with one attached hydrogen (secondary N) is 2. The fourth-order valence-corrected chi connectivity index (χ4v) is 4.24. The minimum atomic E-state index is -0.883. The van der Waals surface area contributed by atoms with Gasteiger partial charge in [-0.25, -0.2) is 18.6 Å². The molecule has 1 fully saturated rings. The number of amides is 2. The minimum absolute atomic E-state index is 0.167. The Kier molecular flexibility index (Phi) is 6.47. The van der Waals surface area contributed by atoms with Crippen LogP contribution in [0.5, 0.6) is 0 Å². The fourth-order valence-electron chi connectivity index (χ4n) is 4.06. The van der Waals surface area contributed by atoms with Gasteiger partial charge in [0.2, 0.25) is 0 Å². The summed E-state index contributed by atoms with van der Waals surface area (Å²) in [6.07, 6.45) is 3.91. The van der Waals surface area contributed by atoms with Gasteiger partial charge < -0.3 is 15.5 Å². The van der Waals surface area contributed by atoms with E-state index in [9.17, 15) is 14.0 Å². The van der Waals surface area contributed by atoms with Crippen molar-refractivity contribution in [3.63, 3.8) is 0 Å². The van der Waals surface area contributed by atoms with Crippen LogP contribution in [0.2, 0.25) is 5.02 Å². The predicted octanol–water partition coefficient (Wildman–Crippen LogP) is 6.04. The molecule has 2 N–H and O–H groups in total. The molecule has 2 amide bonds. The van der Waals surface area contributed by atoms with Crippen molar-refractivity contribution in [3.8, 4) is 0 Å². The third-order valence-corrected chi connectivity index (χ3v) is 6.18. The molecule has 0 aliphatic carbocycles. The normalized spacial score (nSPS) is 13.1. The highest BCUT2D eigenvalue weighted by Gasteiger charge is 2.20. The van der Waals surface area contributed by atoms with E-state index in [0.717, 1.165) is 37.8 Å². The third-order valence-electron chi connectivity index (χ3n) is 5.89. The molecule has 1 saturated heterocycles. The van der Waals surface area contributed by atoms with Crippen molar-refractivity contribution in [2.24, 2.45) is 0 Å². The molecule has 0 atom stereocenters. The van der Waals surface area contributed by atoms with E-state index < -0.39 is 23.4 Å². The fraction of sp³-hybridized carbons (Fsp3) is 0.154. The highest BCUT2D eigenvalue weighted by molar-refractivity contribution is 6.31. The highest BCUT2D eigenvalue weighted by Crippen LogP contribution is 2.25. The number of urea groups is 1. The van der Waals surface area contributed by atoms with Crippen molar-refractivity contribution in [2.75, 3.05) is 28.6 Å². The van der Waals surface area contributed by atoms with E-state index in [0.29, 0.717) is 11.0 Å². The number of anilines is 3. The molecule has 1 aromatic heterocycles. The molecule has 5 rings (SSSR count). The third kappa shape index (κ3) is 4.83. The van der Waals surface area contributed by atoms with Gasteiger partial charge in [-0.2, -0.15) is 0 Å². The van der Waals surface area contributed by atoms with Crippen LogP contribution < -0.4 is 15.5 Å². The van der Waals surface area contributed by atoms with E-state index in [1.54, 1.807) is 24.4 Å². The molecule has 1 aliphatic rings. The standard InChI is InChI=1S/C26H20ClF2N5O2/c27-18-13-16(7-8-19(18)28)31-26(36)33-21-5-3-4-17(24(21)29)25(35)15-6-9-20-22(12-15)32-23(14-30-20)34-10-1-2-11-34/h3-9,12-14H,1-2,10-11H2,(H2,31,33,36). The summed E-state index contributed by atoms with van der Waals surface area (Å²) in [4.78, 5) is 36.7. The number of fused-ring (bicyclic) bond motifs is 1. The summed E-state index contributed by atoms with van der Waals surface area (Å²) in [5.74, 6) is -1.33. The van der Waals surface area contributed by atoms with Crippen LogP contribution in [0.15, 0.2) is 60.8 Å². The maximum Gasteiger partial charge on any atom is 0.323 e. The number of rotatable bonds is 5. The Morgan fingerprint density at radius 3 is 2.53 bits per heavy atom. The second-order valence-electron chi connectivity index (χ2n) is 8.33. The smallest absolute Gasteiger partial charge is 0.323 e. The van der Waals surface area contributed by atoms with Crippen LogP contribution in [0.1, 0.15) is 28.8 Å². The molecule has 3 aromatic carbocycles. The molecule has 182 valence electrons. The monoisotopic (exact) mass is 507 g/mol. The number of nitrogens with zero attached hydrogens (tertiary/aromatic N) is 3. The van der Waals surface area contributed by atoms with Gasteiger partial charge in [0.1, 0.15) is 11.6 Å². The second-order valence-corrected chi connectivity index (χ2v) is 8.74. The first-order chi connectivity index (χ1) is 17.4. The summed E-state index contributed by atoms with van der Waals surface area (Å²) in [5.41, 5.74) is 1.23. The van der Waals surface area contributed by atoms with Crippen molar-refractivity contribution < 1.29 is 18.4 Å². The number of halogens is 3. The zero-order valence-electron chi connectivity index (χ0n) is 18.9. The van der Waals surface area contributed by atoms with E-state index in [-0.39, 0.29) is 27.5 Å². The van der Waals surface area contributed by atoms with Gasteiger partial charge in [0, 0.05) is 24.3 Å². The number of benzene rings is 3. The van der Waals surface area contributed by atoms with Crippen molar-refractivity contribution >= 4 is 51.6 Å². The lowest BCUT2D eigenvalue weighted by atomic mass is 10.0. The maximum absolute atomic E-state index is 15.2. The summed E-state index contributed by atoms with van der Waals surface area (Å²) in [6, 6.07) is 11.8. The van der Waals surface area contributed by atoms with E-state index in [1.807, 2.05) is 0 Å². The lowest BCUT2D eigenvalue weighted by molar-refractivity contribution is 0.103. The number of carbonyl (C=O) groups is 2.